The molecule has 0 bridgehead atoms. The first-order chi connectivity index (χ1) is 19.9. The van der Waals surface area contributed by atoms with Crippen molar-refractivity contribution in [2.45, 2.75) is 25.7 Å². The van der Waals surface area contributed by atoms with Gasteiger partial charge in [-0.3, -0.25) is 14.0 Å². The van der Waals surface area contributed by atoms with Gasteiger partial charge in [-0.1, -0.05) is 35.7 Å². The first-order valence-electron chi connectivity index (χ1n) is 13.4. The number of hydrogen-bond donors (Lipinski definition) is 3. The number of carbonyl (C=O) groups excluding carboxylic acids is 2. The van der Waals surface area contributed by atoms with Crippen LogP contribution >= 0.6 is 23.2 Å². The van der Waals surface area contributed by atoms with Crippen molar-refractivity contribution in [3.05, 3.63) is 81.4 Å². The Labute approximate surface area is 247 Å². The molecule has 1 fully saturated rings. The summed E-state index contributed by atoms with van der Waals surface area (Å²) in [5.74, 6) is 0.211. The van der Waals surface area contributed by atoms with Gasteiger partial charge in [-0.25, -0.2) is 9.97 Å². The van der Waals surface area contributed by atoms with Crippen LogP contribution in [0, 0.1) is 0 Å². The number of ether oxygens (including phenoxy) is 1. The van der Waals surface area contributed by atoms with E-state index in [9.17, 15) is 9.59 Å². The van der Waals surface area contributed by atoms with Gasteiger partial charge < -0.3 is 26.0 Å². The molecule has 41 heavy (non-hydrogen) atoms. The number of likely N-dealkylation sites (tertiary alicyclic amines) is 1. The van der Waals surface area contributed by atoms with Gasteiger partial charge >= 0.3 is 0 Å². The summed E-state index contributed by atoms with van der Waals surface area (Å²) in [6.45, 7) is 3.53. The highest BCUT2D eigenvalue weighted by Gasteiger charge is 2.22. The average molecular weight is 597 g/mol. The first kappa shape index (κ1) is 28.7. The van der Waals surface area contributed by atoms with Crippen molar-refractivity contribution in [2.75, 3.05) is 38.6 Å². The maximum Gasteiger partial charge on any atom is 0.256 e. The summed E-state index contributed by atoms with van der Waals surface area (Å²) in [6.07, 6.45) is 7.20. The van der Waals surface area contributed by atoms with Gasteiger partial charge in [-0.05, 0) is 61.8 Å². The van der Waals surface area contributed by atoms with E-state index in [1.807, 2.05) is 0 Å². The van der Waals surface area contributed by atoms with Gasteiger partial charge in [0.25, 0.3) is 11.8 Å². The van der Waals surface area contributed by atoms with Crippen LogP contribution in [0.1, 0.15) is 51.4 Å². The number of hydrogen-bond acceptors (Lipinski definition) is 7. The molecule has 1 saturated heterocycles. The Morgan fingerprint density at radius 1 is 1.10 bits per heavy atom. The zero-order chi connectivity index (χ0) is 28.9. The second-order valence-electron chi connectivity index (χ2n) is 9.81. The smallest absolute Gasteiger partial charge is 0.256 e. The van der Waals surface area contributed by atoms with Crippen LogP contribution < -0.4 is 21.1 Å². The number of benzene rings is 2. The minimum atomic E-state index is -0.706. The molecule has 4 N–H and O–H groups in total. The number of rotatable bonds is 10. The van der Waals surface area contributed by atoms with E-state index in [0.717, 1.165) is 19.6 Å². The molecule has 12 heteroatoms. The van der Waals surface area contributed by atoms with Crippen molar-refractivity contribution in [3.8, 4) is 5.75 Å². The quantitative estimate of drug-likeness (QED) is 0.242. The lowest BCUT2D eigenvalue weighted by Gasteiger charge is -2.26. The Bertz CT molecular complexity index is 1560. The number of aromatic nitrogens is 3. The van der Waals surface area contributed by atoms with Gasteiger partial charge in [0.05, 0.1) is 12.8 Å². The molecule has 0 aliphatic carbocycles. The zero-order valence-corrected chi connectivity index (χ0v) is 24.1. The van der Waals surface area contributed by atoms with Crippen LogP contribution in [-0.4, -0.2) is 64.4 Å². The van der Waals surface area contributed by atoms with Crippen LogP contribution in [-0.2, 0) is 6.42 Å². The molecular formula is C29H31Cl2N7O3. The molecule has 0 atom stereocenters. The van der Waals surface area contributed by atoms with Gasteiger partial charge in [0.2, 0.25) is 0 Å². The molecule has 2 amide bonds. The molecule has 0 radical (unpaired) electrons. The predicted octanol–water partition coefficient (Wildman–Crippen LogP) is 4.69. The van der Waals surface area contributed by atoms with Crippen molar-refractivity contribution >= 4 is 52.2 Å². The van der Waals surface area contributed by atoms with Crippen molar-refractivity contribution < 1.29 is 14.3 Å². The van der Waals surface area contributed by atoms with E-state index >= 15 is 0 Å². The molecule has 0 unspecified atom stereocenters. The lowest BCUT2D eigenvalue weighted by Crippen LogP contribution is -2.37. The summed E-state index contributed by atoms with van der Waals surface area (Å²) in [5, 5.41) is 7.14. The number of amides is 2. The lowest BCUT2D eigenvalue weighted by molar-refractivity contribution is 0.0945. The predicted molar refractivity (Wildman–Crippen MR) is 160 cm³/mol. The Balaban J connectivity index is 1.42. The molecule has 4 aromatic rings. The van der Waals surface area contributed by atoms with Crippen molar-refractivity contribution in [3.63, 3.8) is 0 Å². The van der Waals surface area contributed by atoms with Crippen molar-refractivity contribution in [1.29, 1.82) is 0 Å². The van der Waals surface area contributed by atoms with Crippen LogP contribution in [0.15, 0.2) is 48.8 Å². The molecule has 3 heterocycles. The van der Waals surface area contributed by atoms with Crippen LogP contribution in [0.25, 0.3) is 5.65 Å². The molecule has 1 aliphatic rings. The summed E-state index contributed by atoms with van der Waals surface area (Å²) in [5.41, 5.74) is 7.84. The molecule has 5 rings (SSSR count). The topological polar surface area (TPSA) is 127 Å². The van der Waals surface area contributed by atoms with Crippen LogP contribution in [0.2, 0.25) is 10.0 Å². The Hall–Kier alpha value is -3.86. The third kappa shape index (κ3) is 6.40. The van der Waals surface area contributed by atoms with E-state index in [4.69, 9.17) is 38.7 Å². The van der Waals surface area contributed by atoms with E-state index in [-0.39, 0.29) is 23.7 Å². The number of halogens is 2. The highest BCUT2D eigenvalue weighted by atomic mass is 35.5. The molecule has 1 aliphatic heterocycles. The van der Waals surface area contributed by atoms with Crippen LogP contribution in [0.5, 0.6) is 5.75 Å². The summed E-state index contributed by atoms with van der Waals surface area (Å²) >= 11 is 12.9. The van der Waals surface area contributed by atoms with E-state index in [2.05, 4.69) is 20.5 Å². The monoisotopic (exact) mass is 595 g/mol. The normalized spacial score (nSPS) is 13.7. The van der Waals surface area contributed by atoms with Gasteiger partial charge in [0, 0.05) is 47.5 Å². The molecule has 10 nitrogen and oxygen atoms in total. The number of fused-ring (bicyclic) bond motifs is 1. The number of nitrogens with zero attached hydrogens (tertiary/aromatic N) is 4. The third-order valence-corrected chi connectivity index (χ3v) is 7.85. The second kappa shape index (κ2) is 12.8. The molecule has 2 aromatic heterocycles. The highest BCUT2D eigenvalue weighted by molar-refractivity contribution is 6.36. The summed E-state index contributed by atoms with van der Waals surface area (Å²) in [4.78, 5) is 36.9. The number of piperidine rings is 1. The van der Waals surface area contributed by atoms with Gasteiger partial charge in [0.15, 0.2) is 5.65 Å². The third-order valence-electron chi connectivity index (χ3n) is 7.14. The molecule has 0 spiro atoms. The molecular weight excluding hydrogens is 565 g/mol. The highest BCUT2D eigenvalue weighted by Crippen LogP contribution is 2.32. The number of imidazole rings is 1. The number of carbonyl (C=O) groups is 2. The standard InChI is InChI=1S/C29H31Cl2N7O3/c1-41-23-16-18(29(40)34-10-14-37-12-3-2-4-13-37)8-9-22(23)35-27-25(26(32)39)28-33-11-15-38(28)24(36-27)17-19-20(30)6-5-7-21(19)31/h5-9,11,15-16,35H,2-4,10,12-14,17H2,1H3,(H2,32,39)(H,34,40). The van der Waals surface area contributed by atoms with Crippen molar-refractivity contribution in [1.82, 2.24) is 24.6 Å². The number of nitrogens with two attached hydrogens (primary N) is 1. The fourth-order valence-corrected chi connectivity index (χ4v) is 5.55. The Morgan fingerprint density at radius 3 is 2.56 bits per heavy atom. The van der Waals surface area contributed by atoms with Crippen LogP contribution in [0.3, 0.4) is 0 Å². The van der Waals surface area contributed by atoms with Crippen LogP contribution in [0.4, 0.5) is 11.5 Å². The maximum atomic E-state index is 12.8. The fourth-order valence-electron chi connectivity index (χ4n) is 5.02. The van der Waals surface area contributed by atoms with Crippen molar-refractivity contribution in [2.24, 2.45) is 5.73 Å². The van der Waals surface area contributed by atoms with Gasteiger partial charge in [0.1, 0.15) is 23.0 Å². The lowest BCUT2D eigenvalue weighted by atomic mass is 10.1. The minimum absolute atomic E-state index is 0.102. The molecule has 2 aromatic carbocycles. The largest absolute Gasteiger partial charge is 0.495 e. The van der Waals surface area contributed by atoms with Gasteiger partial charge in [-0.2, -0.15) is 0 Å². The number of methoxy groups -OCH3 is 1. The molecule has 0 saturated carbocycles. The van der Waals surface area contributed by atoms with Gasteiger partial charge in [-0.15, -0.1) is 0 Å². The zero-order valence-electron chi connectivity index (χ0n) is 22.6. The average Bonchev–Trinajstić information content (AvgIpc) is 3.45. The summed E-state index contributed by atoms with van der Waals surface area (Å²) in [7, 11) is 1.50. The first-order valence-corrected chi connectivity index (χ1v) is 14.2. The number of primary amides is 1. The summed E-state index contributed by atoms with van der Waals surface area (Å²) < 4.78 is 7.27. The summed E-state index contributed by atoms with van der Waals surface area (Å²) in [6, 6.07) is 10.3. The maximum absolute atomic E-state index is 12.8. The van der Waals surface area contributed by atoms with E-state index in [1.54, 1.807) is 53.2 Å². The van der Waals surface area contributed by atoms with E-state index in [0.29, 0.717) is 50.6 Å². The molecule has 214 valence electrons. The van der Waals surface area contributed by atoms with E-state index in [1.165, 1.54) is 26.4 Å². The SMILES string of the molecule is COc1cc(C(=O)NCCN2CCCCC2)ccc1Nc1nc(Cc2c(Cl)cccc2Cl)n2ccnc2c1C(N)=O. The Kier molecular flexibility index (Phi) is 8.92. The Morgan fingerprint density at radius 2 is 1.85 bits per heavy atom. The number of nitrogens with one attached hydrogen (secondary N) is 2. The minimum Gasteiger partial charge on any atom is -0.495 e. The van der Waals surface area contributed by atoms with E-state index < -0.39 is 5.91 Å². The second-order valence-corrected chi connectivity index (χ2v) is 10.6. The number of anilines is 2. The fraction of sp³-hybridized carbons (Fsp3) is 0.310.